The molecule has 13 heteroatoms. The van der Waals surface area contributed by atoms with Gasteiger partial charge in [-0.1, -0.05) is 71.1 Å². The van der Waals surface area contributed by atoms with Gasteiger partial charge in [0.25, 0.3) is 5.78 Å². The third-order valence-electron chi connectivity index (χ3n) is 6.93. The summed E-state index contributed by atoms with van der Waals surface area (Å²) in [7, 11) is 1.28. The number of ether oxygens (including phenoxy) is 1. The van der Waals surface area contributed by atoms with Crippen LogP contribution >= 0.6 is 34.7 Å². The van der Waals surface area contributed by atoms with Crippen molar-refractivity contribution >= 4 is 68.9 Å². The molecule has 4 heterocycles. The molecule has 43 heavy (non-hydrogen) atoms. The van der Waals surface area contributed by atoms with Crippen molar-refractivity contribution in [3.05, 3.63) is 112 Å². The maximum atomic E-state index is 13.7. The third-order valence-corrected chi connectivity index (χ3v) is 9.40. The lowest BCUT2D eigenvalue weighted by atomic mass is 9.95. The van der Waals surface area contributed by atoms with E-state index in [0.29, 0.717) is 32.0 Å². The van der Waals surface area contributed by atoms with Crippen molar-refractivity contribution in [2.75, 3.05) is 12.0 Å². The Bertz CT molecular complexity index is 1930. The van der Waals surface area contributed by atoms with Crippen molar-refractivity contribution in [1.82, 2.24) is 19.6 Å². The van der Waals surface area contributed by atoms with Crippen LogP contribution in [0, 0.1) is 6.92 Å². The first-order chi connectivity index (χ1) is 20.8. The van der Waals surface area contributed by atoms with E-state index < -0.39 is 23.7 Å². The molecule has 0 saturated carbocycles. The van der Waals surface area contributed by atoms with Gasteiger partial charge in [-0.25, -0.2) is 9.78 Å². The molecular formula is C30H22ClN5O5S2. The Balaban J connectivity index is 1.45. The summed E-state index contributed by atoms with van der Waals surface area (Å²) in [6.45, 7) is 1.71. The van der Waals surface area contributed by atoms with Crippen LogP contribution < -0.4 is 4.90 Å². The van der Waals surface area contributed by atoms with Gasteiger partial charge in [-0.15, -0.1) is 10.2 Å². The van der Waals surface area contributed by atoms with E-state index in [-0.39, 0.29) is 27.7 Å². The minimum absolute atomic E-state index is 0.134. The summed E-state index contributed by atoms with van der Waals surface area (Å²) < 4.78 is 7.03. The second kappa shape index (κ2) is 11.6. The van der Waals surface area contributed by atoms with Crippen LogP contribution in [0.15, 0.2) is 82.8 Å². The maximum absolute atomic E-state index is 13.7. The SMILES string of the molecule is COC(=O)c1ccc(C2C(=C(O)c3c(C)nc4ccccn34)C(=O)C(=O)N2c2nnc(SCc3ccccc3Cl)s2)cc1. The second-order valence-corrected chi connectivity index (χ2v) is 12.1. The molecule has 1 fully saturated rings. The highest BCUT2D eigenvalue weighted by molar-refractivity contribution is 8.00. The van der Waals surface area contributed by atoms with Gasteiger partial charge in [0, 0.05) is 17.0 Å². The first-order valence-corrected chi connectivity index (χ1v) is 15.1. The molecule has 1 atom stereocenters. The zero-order chi connectivity index (χ0) is 30.2. The lowest BCUT2D eigenvalue weighted by Crippen LogP contribution is -2.29. The number of ketones is 1. The number of halogens is 1. The molecule has 6 rings (SSSR count). The van der Waals surface area contributed by atoms with Crippen LogP contribution in [0.5, 0.6) is 0 Å². The number of esters is 1. The number of pyridine rings is 1. The smallest absolute Gasteiger partial charge is 0.337 e. The van der Waals surface area contributed by atoms with Crippen molar-refractivity contribution in [1.29, 1.82) is 0 Å². The topological polar surface area (TPSA) is 127 Å². The number of aromatic nitrogens is 4. The highest BCUT2D eigenvalue weighted by Crippen LogP contribution is 2.44. The Morgan fingerprint density at radius 1 is 1.07 bits per heavy atom. The lowest BCUT2D eigenvalue weighted by molar-refractivity contribution is -0.132. The van der Waals surface area contributed by atoms with Gasteiger partial charge in [0.05, 0.1) is 30.0 Å². The number of aliphatic hydroxyl groups is 1. The van der Waals surface area contributed by atoms with E-state index in [1.165, 1.54) is 35.9 Å². The van der Waals surface area contributed by atoms with E-state index in [2.05, 4.69) is 15.2 Å². The molecule has 1 amide bonds. The summed E-state index contributed by atoms with van der Waals surface area (Å²) in [5.41, 5.74) is 2.88. The quantitative estimate of drug-likeness (QED) is 0.0587. The summed E-state index contributed by atoms with van der Waals surface area (Å²) in [5.74, 6) is -2.14. The van der Waals surface area contributed by atoms with Crippen molar-refractivity contribution in [3.63, 3.8) is 0 Å². The fourth-order valence-corrected chi connectivity index (χ4v) is 7.06. The number of Topliss-reactive ketones (excluding diaryl/α,β-unsaturated/α-hetero) is 1. The van der Waals surface area contributed by atoms with Crippen molar-refractivity contribution in [2.24, 2.45) is 0 Å². The van der Waals surface area contributed by atoms with Gasteiger partial charge in [-0.2, -0.15) is 0 Å². The fraction of sp³-hybridized carbons (Fsp3) is 0.133. The number of carbonyl (C=O) groups excluding carboxylic acids is 3. The largest absolute Gasteiger partial charge is 0.505 e. The number of methoxy groups -OCH3 is 1. The fourth-order valence-electron chi connectivity index (χ4n) is 4.90. The summed E-state index contributed by atoms with van der Waals surface area (Å²) in [4.78, 5) is 45.1. The van der Waals surface area contributed by atoms with E-state index in [1.807, 2.05) is 24.3 Å². The zero-order valence-corrected chi connectivity index (χ0v) is 25.1. The number of fused-ring (bicyclic) bond motifs is 1. The number of hydrogen-bond donors (Lipinski definition) is 1. The van der Waals surface area contributed by atoms with Crippen molar-refractivity contribution in [2.45, 2.75) is 23.1 Å². The summed E-state index contributed by atoms with van der Waals surface area (Å²) in [6, 6.07) is 18.0. The molecule has 1 unspecified atom stereocenters. The number of hydrogen-bond acceptors (Lipinski definition) is 10. The van der Waals surface area contributed by atoms with Crippen LogP contribution in [-0.2, 0) is 20.1 Å². The van der Waals surface area contributed by atoms with Crippen molar-refractivity contribution < 1.29 is 24.2 Å². The van der Waals surface area contributed by atoms with Gasteiger partial charge < -0.3 is 9.84 Å². The van der Waals surface area contributed by atoms with Gasteiger partial charge in [0.15, 0.2) is 10.1 Å². The monoisotopic (exact) mass is 631 g/mol. The predicted molar refractivity (Wildman–Crippen MR) is 163 cm³/mol. The molecule has 2 aromatic carbocycles. The number of carbonyl (C=O) groups is 3. The van der Waals surface area contributed by atoms with E-state index in [1.54, 1.807) is 47.9 Å². The van der Waals surface area contributed by atoms with Gasteiger partial charge in [-0.05, 0) is 48.4 Å². The summed E-state index contributed by atoms with van der Waals surface area (Å²) in [6.07, 6.45) is 1.72. The summed E-state index contributed by atoms with van der Waals surface area (Å²) >= 11 is 8.83. The molecule has 10 nitrogen and oxygen atoms in total. The maximum Gasteiger partial charge on any atom is 0.337 e. The Morgan fingerprint density at radius 3 is 2.56 bits per heavy atom. The molecule has 0 aliphatic carbocycles. The van der Waals surface area contributed by atoms with Crippen LogP contribution in [0.25, 0.3) is 11.4 Å². The molecule has 5 aromatic rings. The number of imidazole rings is 1. The van der Waals surface area contributed by atoms with Crippen LogP contribution in [0.4, 0.5) is 5.13 Å². The van der Waals surface area contributed by atoms with Crippen molar-refractivity contribution in [3.8, 4) is 0 Å². The first kappa shape index (κ1) is 28.6. The van der Waals surface area contributed by atoms with E-state index >= 15 is 0 Å². The van der Waals surface area contributed by atoms with Crippen LogP contribution in [0.3, 0.4) is 0 Å². The Morgan fingerprint density at radius 2 is 1.81 bits per heavy atom. The van der Waals surface area contributed by atoms with E-state index in [4.69, 9.17) is 16.3 Å². The average molecular weight is 632 g/mol. The highest BCUT2D eigenvalue weighted by atomic mass is 35.5. The standard InChI is InChI=1S/C30H22ClN5O5S2/c1-16-23(35-14-6-5-9-21(35)32-16)25(37)22-24(17-10-12-18(13-11-17)28(40)41-2)36(27(39)26(22)38)29-33-34-30(43-29)42-15-19-7-3-4-8-20(19)31/h3-14,24,37H,15H2,1-2H3. The number of anilines is 1. The highest BCUT2D eigenvalue weighted by Gasteiger charge is 2.49. The minimum atomic E-state index is -1.06. The Kier molecular flexibility index (Phi) is 7.74. The predicted octanol–water partition coefficient (Wildman–Crippen LogP) is 5.85. The van der Waals surface area contributed by atoms with Gasteiger partial charge in [-0.3, -0.25) is 18.9 Å². The summed E-state index contributed by atoms with van der Waals surface area (Å²) in [5, 5.41) is 21.0. The normalized spacial score (nSPS) is 16.3. The number of thioether (sulfide) groups is 1. The van der Waals surface area contributed by atoms with Crippen LogP contribution in [0.2, 0.25) is 5.02 Å². The van der Waals surface area contributed by atoms with Gasteiger partial charge >= 0.3 is 11.9 Å². The molecule has 0 bridgehead atoms. The molecule has 3 aromatic heterocycles. The molecule has 0 radical (unpaired) electrons. The molecule has 0 spiro atoms. The van der Waals surface area contributed by atoms with E-state index in [9.17, 15) is 19.5 Å². The number of rotatable bonds is 7. The third kappa shape index (κ3) is 5.18. The molecule has 1 saturated heterocycles. The number of amides is 1. The minimum Gasteiger partial charge on any atom is -0.505 e. The number of aliphatic hydroxyl groups excluding tert-OH is 1. The molecular weight excluding hydrogens is 610 g/mol. The zero-order valence-electron chi connectivity index (χ0n) is 22.7. The van der Waals surface area contributed by atoms with Gasteiger partial charge in [0.1, 0.15) is 11.3 Å². The lowest BCUT2D eigenvalue weighted by Gasteiger charge is -2.22. The number of nitrogens with zero attached hydrogens (tertiary/aromatic N) is 5. The Hall–Kier alpha value is -4.52. The number of aryl methyl sites for hydroxylation is 1. The van der Waals surface area contributed by atoms with Gasteiger partial charge in [0.2, 0.25) is 5.13 Å². The number of benzene rings is 2. The second-order valence-electron chi connectivity index (χ2n) is 9.49. The molecule has 1 aliphatic heterocycles. The van der Waals surface area contributed by atoms with Crippen LogP contribution in [0.1, 0.15) is 38.9 Å². The average Bonchev–Trinajstić information content (AvgIpc) is 3.69. The van der Waals surface area contributed by atoms with Crippen LogP contribution in [-0.4, -0.2) is 49.5 Å². The molecule has 1 aliphatic rings. The Labute approximate surface area is 258 Å². The van der Waals surface area contributed by atoms with E-state index in [0.717, 1.165) is 16.9 Å². The molecule has 1 N–H and O–H groups in total. The first-order valence-electron chi connectivity index (χ1n) is 12.9. The molecule has 216 valence electrons.